The van der Waals surface area contributed by atoms with Crippen LogP contribution < -0.4 is 9.64 Å². The van der Waals surface area contributed by atoms with Gasteiger partial charge in [0.05, 0.1) is 34.6 Å². The molecular weight excluding hydrogens is 804 g/mol. The Balaban J connectivity index is 1.16. The van der Waals surface area contributed by atoms with E-state index in [2.05, 4.69) is 17.9 Å². The Morgan fingerprint density at radius 1 is 0.919 bits per heavy atom. The fourth-order valence-electron chi connectivity index (χ4n) is 10.1. The summed E-state index contributed by atoms with van der Waals surface area (Å²) in [4.78, 5) is 26.3. The second kappa shape index (κ2) is 19.0. The highest BCUT2D eigenvalue weighted by Gasteiger charge is 2.47. The van der Waals surface area contributed by atoms with Crippen LogP contribution in [0.25, 0.3) is 32.9 Å². The van der Waals surface area contributed by atoms with Gasteiger partial charge in [0.2, 0.25) is 5.16 Å². The molecule has 0 radical (unpaired) electrons. The molecule has 3 saturated heterocycles. The summed E-state index contributed by atoms with van der Waals surface area (Å²) in [7, 11) is -1.51. The average molecular weight is 865 g/mol. The zero-order valence-corrected chi connectivity index (χ0v) is 37.1. The number of halogens is 1. The zero-order valence-electron chi connectivity index (χ0n) is 36.3. The van der Waals surface area contributed by atoms with E-state index in [0.29, 0.717) is 60.0 Å². The van der Waals surface area contributed by atoms with E-state index in [-0.39, 0.29) is 41.8 Å². The van der Waals surface area contributed by atoms with Gasteiger partial charge in [0.25, 0.3) is 0 Å². The van der Waals surface area contributed by atoms with Crippen molar-refractivity contribution in [2.75, 3.05) is 30.3 Å². The Morgan fingerprint density at radius 3 is 2.35 bits per heavy atom. The summed E-state index contributed by atoms with van der Waals surface area (Å²) in [6.45, 7) is 5.81. The molecule has 5 aromatic rings. The SMILES string of the molecule is CCCCCCCCCCCCS(=O)c1nc(N2C[C@@H]3C[C@H]2CN3C(=O)O)c2cc(C3CC3)c(-c3c(C)c(F)cc4c3cnn4C3CCCCO3)c(OCc3ccccc3)c2n1. The van der Waals surface area contributed by atoms with Crippen LogP contribution in [0.15, 0.2) is 53.8 Å². The number of piperazine rings is 1. The van der Waals surface area contributed by atoms with E-state index in [0.717, 1.165) is 84.4 Å². The van der Waals surface area contributed by atoms with Gasteiger partial charge in [-0.2, -0.15) is 5.10 Å². The number of unbranched alkanes of at least 4 members (excludes halogenated alkanes) is 9. The maximum Gasteiger partial charge on any atom is 0.407 e. The second-order valence-electron chi connectivity index (χ2n) is 18.0. The summed E-state index contributed by atoms with van der Waals surface area (Å²) in [6, 6.07) is 13.5. The molecule has 62 heavy (non-hydrogen) atoms. The van der Waals surface area contributed by atoms with Gasteiger partial charge in [-0.15, -0.1) is 0 Å². The topological polar surface area (TPSA) is 123 Å². The summed E-state index contributed by atoms with van der Waals surface area (Å²) in [5.41, 5.74) is 5.22. The van der Waals surface area contributed by atoms with Crippen LogP contribution in [0.1, 0.15) is 138 Å². The number of carboxylic acid groups (broad SMARTS) is 1. The molecule has 1 amide bonds. The van der Waals surface area contributed by atoms with Crippen molar-refractivity contribution >= 4 is 44.5 Å². The number of carbonyl (C=O) groups is 1. The van der Waals surface area contributed by atoms with Gasteiger partial charge in [0, 0.05) is 53.4 Å². The van der Waals surface area contributed by atoms with Gasteiger partial charge in [-0.1, -0.05) is 95.0 Å². The summed E-state index contributed by atoms with van der Waals surface area (Å²) in [6.07, 6.45) is 17.9. The van der Waals surface area contributed by atoms with Gasteiger partial charge in [-0.3, -0.25) is 4.21 Å². The Hall–Kier alpha value is -4.62. The van der Waals surface area contributed by atoms with Crippen LogP contribution in [0.2, 0.25) is 0 Å². The summed E-state index contributed by atoms with van der Waals surface area (Å²) >= 11 is 0. The molecule has 4 atom stereocenters. The molecule has 2 unspecified atom stereocenters. The average Bonchev–Trinajstić information content (AvgIpc) is 3.73. The van der Waals surface area contributed by atoms with Gasteiger partial charge in [-0.05, 0) is 80.5 Å². The third-order valence-electron chi connectivity index (χ3n) is 13.6. The van der Waals surface area contributed by atoms with E-state index in [4.69, 9.17) is 24.5 Å². The lowest BCUT2D eigenvalue weighted by atomic mass is 9.88. The van der Waals surface area contributed by atoms with Crippen molar-refractivity contribution in [1.29, 1.82) is 0 Å². The van der Waals surface area contributed by atoms with Crippen LogP contribution in [0, 0.1) is 12.7 Å². The smallest absolute Gasteiger partial charge is 0.407 e. The summed E-state index contributed by atoms with van der Waals surface area (Å²) in [5.74, 6) is 1.50. The third kappa shape index (κ3) is 8.81. The predicted molar refractivity (Wildman–Crippen MR) is 242 cm³/mol. The highest BCUT2D eigenvalue weighted by Crippen LogP contribution is 2.54. The molecule has 330 valence electrons. The van der Waals surface area contributed by atoms with Crippen LogP contribution in [0.4, 0.5) is 15.0 Å². The van der Waals surface area contributed by atoms with Crippen molar-refractivity contribution in [3.8, 4) is 16.9 Å². The van der Waals surface area contributed by atoms with Crippen LogP contribution in [-0.2, 0) is 22.1 Å². The van der Waals surface area contributed by atoms with Crippen molar-refractivity contribution in [3.63, 3.8) is 0 Å². The minimum Gasteiger partial charge on any atom is -0.486 e. The van der Waals surface area contributed by atoms with Gasteiger partial charge in [0.1, 0.15) is 23.8 Å². The number of aromatic nitrogens is 4. The molecule has 4 fully saturated rings. The van der Waals surface area contributed by atoms with Gasteiger partial charge < -0.3 is 24.4 Å². The number of anilines is 1. The highest BCUT2D eigenvalue weighted by atomic mass is 32.2. The number of hydrogen-bond acceptors (Lipinski definition) is 8. The predicted octanol–water partition coefficient (Wildman–Crippen LogP) is 11.2. The first kappa shape index (κ1) is 42.7. The number of rotatable bonds is 19. The summed E-state index contributed by atoms with van der Waals surface area (Å²) in [5, 5.41) is 16.7. The van der Waals surface area contributed by atoms with E-state index in [9.17, 15) is 14.1 Å². The van der Waals surface area contributed by atoms with E-state index in [1.807, 2.05) is 48.1 Å². The highest BCUT2D eigenvalue weighted by molar-refractivity contribution is 7.84. The first-order valence-electron chi connectivity index (χ1n) is 23.3. The molecule has 1 N–H and O–H groups in total. The molecule has 1 saturated carbocycles. The molecule has 0 spiro atoms. The first-order chi connectivity index (χ1) is 30.3. The fraction of sp³-hybridized carbons (Fsp3) is 0.551. The lowest BCUT2D eigenvalue weighted by molar-refractivity contribution is -0.0366. The minimum atomic E-state index is -1.51. The van der Waals surface area contributed by atoms with Gasteiger partial charge in [0.15, 0.2) is 12.0 Å². The molecule has 5 heterocycles. The Bertz CT molecular complexity index is 2420. The number of ether oxygens (including phenoxy) is 2. The Morgan fingerprint density at radius 2 is 1.68 bits per heavy atom. The van der Waals surface area contributed by atoms with Gasteiger partial charge >= 0.3 is 6.09 Å². The zero-order chi connectivity index (χ0) is 42.7. The molecule has 13 heteroatoms. The molecule has 9 rings (SSSR count). The lowest BCUT2D eigenvalue weighted by Crippen LogP contribution is -2.48. The number of amides is 1. The number of likely N-dealkylation sites (tertiary alicyclic amines) is 1. The number of benzene rings is 3. The molecule has 4 aliphatic rings. The molecule has 2 bridgehead atoms. The van der Waals surface area contributed by atoms with Crippen molar-refractivity contribution < 1.29 is 28.0 Å². The maximum absolute atomic E-state index is 16.5. The van der Waals surface area contributed by atoms with Gasteiger partial charge in [-0.25, -0.2) is 23.8 Å². The van der Waals surface area contributed by atoms with Crippen molar-refractivity contribution in [2.45, 2.75) is 153 Å². The van der Waals surface area contributed by atoms with Crippen LogP contribution in [-0.4, -0.2) is 77.6 Å². The normalized spacial score (nSPS) is 20.5. The van der Waals surface area contributed by atoms with Crippen molar-refractivity contribution in [1.82, 2.24) is 24.6 Å². The fourth-order valence-corrected chi connectivity index (χ4v) is 11.1. The Labute approximate surface area is 366 Å². The second-order valence-corrected chi connectivity index (χ2v) is 19.5. The standard InChI is InChI=1S/C49H61FN6O5S/c1-3-4-5-6-7-8-9-10-11-17-24-62(59)48-52-45-38(47(53-48)54-29-36-25-35(54)30-55(36)49(57)58)26-37(34-21-22-34)44(46(45)61-31-33-18-13-12-14-19-33)43-32(2)40(50)27-41-39(43)28-51-56(41)42-20-15-16-23-60-42/h12-14,18-19,26-28,34-36,42H,3-11,15-17,20-25,29-31H2,1-2H3,(H,57,58)/t35-,36-,42?,62?/m0/s1. The molecule has 2 aromatic heterocycles. The van der Waals surface area contributed by atoms with E-state index >= 15 is 4.39 Å². The number of fused-ring (bicyclic) bond motifs is 4. The quantitative estimate of drug-likeness (QED) is 0.0638. The maximum atomic E-state index is 16.5. The van der Waals surface area contributed by atoms with E-state index < -0.39 is 16.9 Å². The third-order valence-corrected chi connectivity index (χ3v) is 14.9. The molecule has 11 nitrogen and oxygen atoms in total. The minimum absolute atomic E-state index is 0.0758. The molecule has 3 aliphatic heterocycles. The van der Waals surface area contributed by atoms with Crippen LogP contribution in [0.3, 0.4) is 0 Å². The lowest BCUT2D eigenvalue weighted by Gasteiger charge is -2.34. The molecule has 3 aromatic carbocycles. The van der Waals surface area contributed by atoms with Crippen molar-refractivity contribution in [3.05, 3.63) is 71.2 Å². The Kier molecular flexibility index (Phi) is 13.1. The number of hydrogen-bond donors (Lipinski definition) is 1. The van der Waals surface area contributed by atoms with Crippen molar-refractivity contribution in [2.24, 2.45) is 0 Å². The summed E-state index contributed by atoms with van der Waals surface area (Å²) < 4.78 is 46.0. The molecular formula is C49H61FN6O5S. The number of nitrogens with zero attached hydrogens (tertiary/aromatic N) is 6. The largest absolute Gasteiger partial charge is 0.486 e. The van der Waals surface area contributed by atoms with E-state index in [1.165, 1.54) is 49.8 Å². The first-order valence-corrected chi connectivity index (χ1v) is 24.6. The van der Waals surface area contributed by atoms with E-state index in [1.54, 1.807) is 6.07 Å². The molecule has 1 aliphatic carbocycles. The van der Waals surface area contributed by atoms with Crippen LogP contribution >= 0.6 is 0 Å². The van der Waals surface area contributed by atoms with Crippen LogP contribution in [0.5, 0.6) is 5.75 Å². The monoisotopic (exact) mass is 864 g/mol.